The maximum atomic E-state index is 12.3. The molecule has 0 aromatic rings. The third-order valence-electron chi connectivity index (χ3n) is 3.25. The molecule has 0 aromatic heterocycles. The van der Waals surface area contributed by atoms with E-state index in [1.165, 1.54) is 6.92 Å². The minimum Gasteiger partial charge on any atom is -0.395 e. The topological polar surface area (TPSA) is 60.9 Å². The lowest BCUT2D eigenvalue weighted by Crippen LogP contribution is -2.46. The van der Waals surface area contributed by atoms with Crippen molar-refractivity contribution < 1.29 is 14.7 Å². The molecule has 1 atom stereocenters. The van der Waals surface area contributed by atoms with Gasteiger partial charge >= 0.3 is 0 Å². The average Bonchev–Trinajstić information content (AvgIpc) is 2.38. The molecular formula is C13H22N2O3. The molecule has 0 aliphatic carbocycles. The summed E-state index contributed by atoms with van der Waals surface area (Å²) in [6, 6.07) is 0. The highest BCUT2D eigenvalue weighted by atomic mass is 16.3. The molecule has 0 radical (unpaired) electrons. The van der Waals surface area contributed by atoms with E-state index in [0.717, 1.165) is 19.4 Å². The van der Waals surface area contributed by atoms with Crippen LogP contribution in [0.25, 0.3) is 0 Å². The number of amides is 2. The van der Waals surface area contributed by atoms with Crippen LogP contribution in [-0.4, -0.2) is 59.5 Å². The molecule has 5 nitrogen and oxygen atoms in total. The van der Waals surface area contributed by atoms with Crippen molar-refractivity contribution in [2.24, 2.45) is 5.92 Å². The van der Waals surface area contributed by atoms with Crippen LogP contribution in [0.3, 0.4) is 0 Å². The van der Waals surface area contributed by atoms with Crippen LogP contribution in [0.15, 0.2) is 12.7 Å². The molecule has 2 amide bonds. The zero-order valence-electron chi connectivity index (χ0n) is 11.0. The summed E-state index contributed by atoms with van der Waals surface area (Å²) in [6.45, 7) is 7.08. The smallest absolute Gasteiger partial charge is 0.227 e. The minimum atomic E-state index is -0.144. The first kappa shape index (κ1) is 14.7. The highest BCUT2D eigenvalue weighted by Crippen LogP contribution is 2.19. The number of aliphatic hydroxyl groups excluding tert-OH is 1. The van der Waals surface area contributed by atoms with Gasteiger partial charge in [-0.15, -0.1) is 6.58 Å². The Morgan fingerprint density at radius 1 is 1.56 bits per heavy atom. The van der Waals surface area contributed by atoms with E-state index >= 15 is 0 Å². The van der Waals surface area contributed by atoms with Crippen LogP contribution in [0.4, 0.5) is 0 Å². The van der Waals surface area contributed by atoms with Gasteiger partial charge in [-0.1, -0.05) is 6.08 Å². The first-order valence-electron chi connectivity index (χ1n) is 6.36. The monoisotopic (exact) mass is 254 g/mol. The van der Waals surface area contributed by atoms with E-state index in [0.29, 0.717) is 19.6 Å². The normalized spacial score (nSPS) is 19.4. The molecule has 1 aliphatic rings. The Kier molecular flexibility index (Phi) is 5.85. The van der Waals surface area contributed by atoms with Crippen molar-refractivity contribution in [3.05, 3.63) is 12.7 Å². The second-order valence-corrected chi connectivity index (χ2v) is 4.60. The Morgan fingerprint density at radius 3 is 2.83 bits per heavy atom. The Hall–Kier alpha value is -1.36. The predicted molar refractivity (Wildman–Crippen MR) is 68.8 cm³/mol. The van der Waals surface area contributed by atoms with Gasteiger partial charge in [0.15, 0.2) is 0 Å². The fourth-order valence-electron chi connectivity index (χ4n) is 2.29. The third-order valence-corrected chi connectivity index (χ3v) is 3.25. The number of aliphatic hydroxyl groups is 1. The van der Waals surface area contributed by atoms with Crippen LogP contribution in [0.2, 0.25) is 0 Å². The molecule has 5 heteroatoms. The molecule has 1 rings (SSSR count). The molecule has 1 aliphatic heterocycles. The molecule has 0 saturated carbocycles. The first-order valence-corrected chi connectivity index (χ1v) is 6.36. The lowest BCUT2D eigenvalue weighted by Gasteiger charge is -2.34. The van der Waals surface area contributed by atoms with Gasteiger partial charge in [-0.25, -0.2) is 0 Å². The van der Waals surface area contributed by atoms with E-state index in [2.05, 4.69) is 6.58 Å². The van der Waals surface area contributed by atoms with Crippen molar-refractivity contribution in [3.63, 3.8) is 0 Å². The lowest BCUT2D eigenvalue weighted by molar-refractivity contribution is -0.140. The van der Waals surface area contributed by atoms with Gasteiger partial charge in [0.2, 0.25) is 11.8 Å². The largest absolute Gasteiger partial charge is 0.395 e. The summed E-state index contributed by atoms with van der Waals surface area (Å²) in [4.78, 5) is 26.9. The molecule has 0 aromatic carbocycles. The molecule has 1 saturated heterocycles. The number of carbonyl (C=O) groups excluding carboxylic acids is 2. The summed E-state index contributed by atoms with van der Waals surface area (Å²) in [7, 11) is 0. The zero-order chi connectivity index (χ0) is 13.5. The molecule has 1 unspecified atom stereocenters. The van der Waals surface area contributed by atoms with E-state index in [1.54, 1.807) is 15.9 Å². The van der Waals surface area contributed by atoms with Gasteiger partial charge in [0, 0.05) is 33.1 Å². The van der Waals surface area contributed by atoms with Crippen molar-refractivity contribution in [1.82, 2.24) is 9.80 Å². The van der Waals surface area contributed by atoms with Gasteiger partial charge in [-0.05, 0) is 12.8 Å². The predicted octanol–water partition coefficient (Wildman–Crippen LogP) is 0.252. The van der Waals surface area contributed by atoms with E-state index < -0.39 is 0 Å². The van der Waals surface area contributed by atoms with Crippen LogP contribution in [0, 0.1) is 5.92 Å². The quantitative estimate of drug-likeness (QED) is 0.716. The van der Waals surface area contributed by atoms with Crippen LogP contribution >= 0.6 is 0 Å². The zero-order valence-corrected chi connectivity index (χ0v) is 11.0. The van der Waals surface area contributed by atoms with E-state index in [-0.39, 0.29) is 24.3 Å². The summed E-state index contributed by atoms with van der Waals surface area (Å²) >= 11 is 0. The second kappa shape index (κ2) is 7.16. The van der Waals surface area contributed by atoms with Crippen molar-refractivity contribution in [3.8, 4) is 0 Å². The van der Waals surface area contributed by atoms with Gasteiger partial charge in [0.1, 0.15) is 0 Å². The van der Waals surface area contributed by atoms with Crippen LogP contribution in [-0.2, 0) is 9.59 Å². The van der Waals surface area contributed by atoms with Gasteiger partial charge < -0.3 is 14.9 Å². The molecular weight excluding hydrogens is 232 g/mol. The summed E-state index contributed by atoms with van der Waals surface area (Å²) < 4.78 is 0. The minimum absolute atomic E-state index is 0.00917. The Labute approximate surface area is 108 Å². The lowest BCUT2D eigenvalue weighted by atomic mass is 9.96. The van der Waals surface area contributed by atoms with Crippen LogP contribution in [0.1, 0.15) is 19.8 Å². The summed E-state index contributed by atoms with van der Waals surface area (Å²) in [6.07, 6.45) is 3.32. The molecule has 18 heavy (non-hydrogen) atoms. The standard InChI is InChI=1S/C13H22N2O3/c1-3-6-14(8-9-16)13(18)12-5-4-7-15(10-12)11(2)17/h3,12,16H,1,4-10H2,2H3. The van der Waals surface area contributed by atoms with Gasteiger partial charge in [-0.3, -0.25) is 9.59 Å². The Morgan fingerprint density at radius 2 is 2.28 bits per heavy atom. The Bertz CT molecular complexity index is 317. The van der Waals surface area contributed by atoms with Crippen molar-refractivity contribution in [1.29, 1.82) is 0 Å². The van der Waals surface area contributed by atoms with Crippen LogP contribution < -0.4 is 0 Å². The number of rotatable bonds is 5. The van der Waals surface area contributed by atoms with Gasteiger partial charge in [0.25, 0.3) is 0 Å². The van der Waals surface area contributed by atoms with Gasteiger partial charge in [-0.2, -0.15) is 0 Å². The molecule has 0 bridgehead atoms. The van der Waals surface area contributed by atoms with Gasteiger partial charge in [0.05, 0.1) is 12.5 Å². The molecule has 1 heterocycles. The highest BCUT2D eigenvalue weighted by Gasteiger charge is 2.29. The Balaban J connectivity index is 2.63. The SMILES string of the molecule is C=CCN(CCO)C(=O)C1CCCN(C(C)=O)C1. The molecule has 102 valence electrons. The van der Waals surface area contributed by atoms with Crippen molar-refractivity contribution in [2.75, 3.05) is 32.8 Å². The maximum absolute atomic E-state index is 12.3. The fraction of sp³-hybridized carbons (Fsp3) is 0.692. The average molecular weight is 254 g/mol. The van der Waals surface area contributed by atoms with Crippen molar-refractivity contribution >= 4 is 11.8 Å². The number of nitrogens with zero attached hydrogens (tertiary/aromatic N) is 2. The number of piperidine rings is 1. The van der Waals surface area contributed by atoms with E-state index in [4.69, 9.17) is 5.11 Å². The summed E-state index contributed by atoms with van der Waals surface area (Å²) in [5.41, 5.74) is 0. The maximum Gasteiger partial charge on any atom is 0.227 e. The number of carbonyl (C=O) groups is 2. The van der Waals surface area contributed by atoms with E-state index in [1.807, 2.05) is 0 Å². The third kappa shape index (κ3) is 3.84. The highest BCUT2D eigenvalue weighted by molar-refractivity contribution is 5.81. The molecule has 1 N–H and O–H groups in total. The van der Waals surface area contributed by atoms with E-state index in [9.17, 15) is 9.59 Å². The second-order valence-electron chi connectivity index (χ2n) is 4.60. The number of hydrogen-bond acceptors (Lipinski definition) is 3. The summed E-state index contributed by atoms with van der Waals surface area (Å²) in [5, 5.41) is 8.96. The summed E-state index contributed by atoms with van der Waals surface area (Å²) in [5.74, 6) is -0.117. The first-order chi connectivity index (χ1) is 8.60. The number of likely N-dealkylation sites (tertiary alicyclic amines) is 1. The van der Waals surface area contributed by atoms with Crippen LogP contribution in [0.5, 0.6) is 0 Å². The van der Waals surface area contributed by atoms with Crippen molar-refractivity contribution in [2.45, 2.75) is 19.8 Å². The number of hydrogen-bond donors (Lipinski definition) is 1. The fourth-order valence-corrected chi connectivity index (χ4v) is 2.29. The molecule has 0 spiro atoms. The molecule has 1 fully saturated rings.